The summed E-state index contributed by atoms with van der Waals surface area (Å²) in [4.78, 5) is 16.0. The minimum absolute atomic E-state index is 0.348. The van der Waals surface area contributed by atoms with Gasteiger partial charge in [0, 0.05) is 5.69 Å². The molecule has 19 heavy (non-hydrogen) atoms. The molecule has 1 aliphatic carbocycles. The van der Waals surface area contributed by atoms with Crippen LogP contribution in [0.2, 0.25) is 0 Å². The van der Waals surface area contributed by atoms with Gasteiger partial charge in [-0.2, -0.15) is 0 Å². The van der Waals surface area contributed by atoms with E-state index in [9.17, 15) is 4.79 Å². The molecule has 0 saturated heterocycles. The van der Waals surface area contributed by atoms with Crippen LogP contribution in [0.1, 0.15) is 27.2 Å². The smallest absolute Gasteiger partial charge is 0.349 e. The van der Waals surface area contributed by atoms with Crippen LogP contribution in [-0.4, -0.2) is 18.1 Å². The highest BCUT2D eigenvalue weighted by atomic mass is 32.1. The number of fused-ring (bicyclic) bond motifs is 1. The number of aromatic nitrogens is 1. The highest BCUT2D eigenvalue weighted by Gasteiger charge is 2.13. The van der Waals surface area contributed by atoms with Gasteiger partial charge in [-0.15, -0.1) is 0 Å². The van der Waals surface area contributed by atoms with Crippen LogP contribution in [-0.2, 0) is 17.6 Å². The second-order valence-electron chi connectivity index (χ2n) is 4.48. The molecule has 1 N–H and O–H groups in total. The highest BCUT2D eigenvalue weighted by Crippen LogP contribution is 2.28. The van der Waals surface area contributed by atoms with E-state index in [0.29, 0.717) is 10.0 Å². The van der Waals surface area contributed by atoms with Crippen LogP contribution in [0.5, 0.6) is 0 Å². The second kappa shape index (κ2) is 5.01. The minimum atomic E-state index is -0.348. The van der Waals surface area contributed by atoms with Gasteiger partial charge in [-0.3, -0.25) is 0 Å². The molecule has 1 aromatic heterocycles. The number of ether oxygens (including phenoxy) is 1. The number of anilines is 2. The molecule has 2 aromatic rings. The van der Waals surface area contributed by atoms with E-state index in [0.717, 1.165) is 12.1 Å². The summed E-state index contributed by atoms with van der Waals surface area (Å²) in [6, 6.07) is 6.39. The van der Waals surface area contributed by atoms with Crippen molar-refractivity contribution >= 4 is 28.1 Å². The second-order valence-corrected chi connectivity index (χ2v) is 5.51. The maximum absolute atomic E-state index is 11.4. The third-order valence-electron chi connectivity index (χ3n) is 3.24. The fourth-order valence-corrected chi connectivity index (χ4v) is 3.05. The molecule has 1 aromatic carbocycles. The van der Waals surface area contributed by atoms with Gasteiger partial charge in [-0.25, -0.2) is 9.78 Å². The van der Waals surface area contributed by atoms with Crippen molar-refractivity contribution in [3.8, 4) is 0 Å². The fourth-order valence-electron chi connectivity index (χ4n) is 2.30. The summed E-state index contributed by atoms with van der Waals surface area (Å²) >= 11 is 1.30. The number of hydrogen-bond acceptors (Lipinski definition) is 5. The summed E-state index contributed by atoms with van der Waals surface area (Å²) in [5.41, 5.74) is 3.88. The molecule has 1 heterocycles. The first-order valence-corrected chi connectivity index (χ1v) is 7.01. The summed E-state index contributed by atoms with van der Waals surface area (Å²) in [6.07, 6.45) is 5.10. The number of esters is 1. The van der Waals surface area contributed by atoms with Crippen LogP contribution in [0, 0.1) is 0 Å². The Balaban J connectivity index is 1.78. The topological polar surface area (TPSA) is 51.2 Å². The van der Waals surface area contributed by atoms with Gasteiger partial charge < -0.3 is 10.1 Å². The first-order chi connectivity index (χ1) is 9.26. The van der Waals surface area contributed by atoms with Crippen LogP contribution in [0.3, 0.4) is 0 Å². The zero-order valence-corrected chi connectivity index (χ0v) is 11.4. The molecule has 5 heteroatoms. The Morgan fingerprint density at radius 1 is 1.37 bits per heavy atom. The van der Waals surface area contributed by atoms with Crippen LogP contribution < -0.4 is 5.32 Å². The molecule has 3 rings (SSSR count). The molecule has 0 spiro atoms. The Hall–Kier alpha value is -1.88. The lowest BCUT2D eigenvalue weighted by molar-refractivity contribution is 0.0606. The van der Waals surface area contributed by atoms with E-state index < -0.39 is 0 Å². The molecule has 0 amide bonds. The predicted octanol–water partition coefficient (Wildman–Crippen LogP) is 3.16. The Morgan fingerprint density at radius 2 is 2.21 bits per heavy atom. The first kappa shape index (κ1) is 12.2. The predicted molar refractivity (Wildman–Crippen MR) is 75.2 cm³/mol. The molecule has 1 aliphatic rings. The van der Waals surface area contributed by atoms with Gasteiger partial charge in [0.15, 0.2) is 5.13 Å². The lowest BCUT2D eigenvalue weighted by atomic mass is 10.1. The molecule has 4 nitrogen and oxygen atoms in total. The maximum Gasteiger partial charge on any atom is 0.349 e. The summed E-state index contributed by atoms with van der Waals surface area (Å²) in [5.74, 6) is -0.348. The standard InChI is InChI=1S/C14H14N2O2S/c1-18-13(17)12-8-15-14(19-12)16-11-6-5-9-3-2-4-10(9)7-11/h5-8H,2-4H2,1H3,(H,15,16). The van der Waals surface area contributed by atoms with Crippen LogP contribution in [0.25, 0.3) is 0 Å². The summed E-state index contributed by atoms with van der Waals surface area (Å²) < 4.78 is 4.66. The number of hydrogen-bond donors (Lipinski definition) is 1. The van der Waals surface area contributed by atoms with Crippen molar-refractivity contribution in [3.05, 3.63) is 40.4 Å². The van der Waals surface area contributed by atoms with E-state index in [1.165, 1.54) is 48.6 Å². The monoisotopic (exact) mass is 274 g/mol. The normalized spacial score (nSPS) is 13.1. The lowest BCUT2D eigenvalue weighted by Crippen LogP contribution is -1.96. The van der Waals surface area contributed by atoms with Crippen LogP contribution in [0.4, 0.5) is 10.8 Å². The molecule has 0 saturated carbocycles. The van der Waals surface area contributed by atoms with E-state index in [1.807, 2.05) is 0 Å². The van der Waals surface area contributed by atoms with Crippen molar-refractivity contribution in [2.75, 3.05) is 12.4 Å². The largest absolute Gasteiger partial charge is 0.465 e. The van der Waals surface area contributed by atoms with Crippen molar-refractivity contribution in [1.29, 1.82) is 0 Å². The molecule has 0 unspecified atom stereocenters. The van der Waals surface area contributed by atoms with Crippen molar-refractivity contribution < 1.29 is 9.53 Å². The zero-order valence-electron chi connectivity index (χ0n) is 10.6. The SMILES string of the molecule is COC(=O)c1cnc(Nc2ccc3c(c2)CCC3)s1. The molecule has 0 bridgehead atoms. The Bertz CT molecular complexity index is 622. The van der Waals surface area contributed by atoms with Crippen LogP contribution in [0.15, 0.2) is 24.4 Å². The quantitative estimate of drug-likeness (QED) is 0.873. The third kappa shape index (κ3) is 2.46. The van der Waals surface area contributed by atoms with E-state index >= 15 is 0 Å². The Kier molecular flexibility index (Phi) is 3.21. The third-order valence-corrected chi connectivity index (χ3v) is 4.13. The molecule has 0 radical (unpaired) electrons. The van der Waals surface area contributed by atoms with Gasteiger partial charge >= 0.3 is 5.97 Å². The van der Waals surface area contributed by atoms with E-state index in [4.69, 9.17) is 0 Å². The van der Waals surface area contributed by atoms with E-state index in [2.05, 4.69) is 33.2 Å². The van der Waals surface area contributed by atoms with Gasteiger partial charge in [0.05, 0.1) is 13.3 Å². The molecular weight excluding hydrogens is 260 g/mol. The van der Waals surface area contributed by atoms with Crippen molar-refractivity contribution in [2.24, 2.45) is 0 Å². The van der Waals surface area contributed by atoms with Gasteiger partial charge in [0.1, 0.15) is 4.88 Å². The summed E-state index contributed by atoms with van der Waals surface area (Å²) in [5, 5.41) is 3.94. The average Bonchev–Trinajstić information content (AvgIpc) is 3.06. The van der Waals surface area contributed by atoms with Gasteiger partial charge in [0.25, 0.3) is 0 Å². The first-order valence-electron chi connectivity index (χ1n) is 6.19. The molecule has 0 fully saturated rings. The average molecular weight is 274 g/mol. The minimum Gasteiger partial charge on any atom is -0.465 e. The number of nitrogens with one attached hydrogen (secondary N) is 1. The van der Waals surface area contributed by atoms with Gasteiger partial charge in [-0.1, -0.05) is 17.4 Å². The number of rotatable bonds is 3. The fraction of sp³-hybridized carbons (Fsp3) is 0.286. The van der Waals surface area contributed by atoms with E-state index in [-0.39, 0.29) is 5.97 Å². The molecule has 0 aliphatic heterocycles. The molecule has 98 valence electrons. The Morgan fingerprint density at radius 3 is 3.05 bits per heavy atom. The lowest BCUT2D eigenvalue weighted by Gasteiger charge is -2.05. The summed E-state index contributed by atoms with van der Waals surface area (Å²) in [6.45, 7) is 0. The number of methoxy groups -OCH3 is 1. The zero-order chi connectivity index (χ0) is 13.2. The van der Waals surface area contributed by atoms with E-state index in [1.54, 1.807) is 0 Å². The number of thiazole rings is 1. The van der Waals surface area contributed by atoms with Gasteiger partial charge in [0.2, 0.25) is 0 Å². The number of carbonyl (C=O) groups is 1. The van der Waals surface area contributed by atoms with Crippen LogP contribution >= 0.6 is 11.3 Å². The van der Waals surface area contributed by atoms with Crippen molar-refractivity contribution in [1.82, 2.24) is 4.98 Å². The number of aryl methyl sites for hydroxylation is 2. The van der Waals surface area contributed by atoms with Crippen molar-refractivity contribution in [3.63, 3.8) is 0 Å². The highest BCUT2D eigenvalue weighted by molar-refractivity contribution is 7.17. The number of carbonyl (C=O) groups excluding carboxylic acids is 1. The Labute approximate surface area is 115 Å². The van der Waals surface area contributed by atoms with Gasteiger partial charge in [-0.05, 0) is 42.5 Å². The number of benzene rings is 1. The molecule has 0 atom stereocenters. The summed E-state index contributed by atoms with van der Waals surface area (Å²) in [7, 11) is 1.37. The molecular formula is C14H14N2O2S. The number of nitrogens with zero attached hydrogens (tertiary/aromatic N) is 1. The maximum atomic E-state index is 11.4. The van der Waals surface area contributed by atoms with Crippen molar-refractivity contribution in [2.45, 2.75) is 19.3 Å².